The second kappa shape index (κ2) is 11.6. The monoisotopic (exact) mass is 418 g/mol. The van der Waals surface area contributed by atoms with Gasteiger partial charge in [-0.1, -0.05) is 49.8 Å². The van der Waals surface area contributed by atoms with Gasteiger partial charge in [0.2, 0.25) is 5.91 Å². The summed E-state index contributed by atoms with van der Waals surface area (Å²) in [5.74, 6) is -0.493. The molecule has 162 valence electrons. The first-order valence-electron chi connectivity index (χ1n) is 10.3. The summed E-state index contributed by atoms with van der Waals surface area (Å²) in [5, 5.41) is 5.41. The molecular formula is C25H30N4O2. The molecule has 0 aliphatic rings. The quantitative estimate of drug-likeness (QED) is 0.486. The lowest BCUT2D eigenvalue weighted by molar-refractivity contribution is -0.117. The van der Waals surface area contributed by atoms with Gasteiger partial charge >= 0.3 is 0 Å². The number of aromatic nitrogens is 2. The Morgan fingerprint density at radius 2 is 1.68 bits per heavy atom. The number of allylic oxidation sites excluding steroid dienone is 3. The summed E-state index contributed by atoms with van der Waals surface area (Å²) >= 11 is 0. The lowest BCUT2D eigenvalue weighted by atomic mass is 9.87. The third kappa shape index (κ3) is 6.74. The highest BCUT2D eigenvalue weighted by molar-refractivity contribution is 6.07. The van der Waals surface area contributed by atoms with E-state index in [0.29, 0.717) is 16.8 Å². The van der Waals surface area contributed by atoms with Crippen molar-refractivity contribution in [3.8, 4) is 0 Å². The normalized spacial score (nSPS) is 13.8. The first-order valence-corrected chi connectivity index (χ1v) is 10.3. The number of likely N-dealkylation sites (N-methyl/N-ethyl adjacent to an activating group) is 1. The third-order valence-corrected chi connectivity index (χ3v) is 5.14. The molecule has 1 aromatic carbocycles. The van der Waals surface area contributed by atoms with E-state index >= 15 is 0 Å². The van der Waals surface area contributed by atoms with E-state index in [-0.39, 0.29) is 17.7 Å². The maximum absolute atomic E-state index is 13.1. The summed E-state index contributed by atoms with van der Waals surface area (Å²) in [6, 6.07) is 10.2. The molecule has 1 aromatic heterocycles. The number of carbonyl (C=O) groups excluding carboxylic acids is 2. The molecule has 2 rings (SSSR count). The van der Waals surface area contributed by atoms with Gasteiger partial charge in [-0.2, -0.15) is 0 Å². The van der Waals surface area contributed by atoms with Crippen LogP contribution in [0.25, 0.3) is 0 Å². The highest BCUT2D eigenvalue weighted by Gasteiger charge is 2.17. The Morgan fingerprint density at radius 3 is 2.26 bits per heavy atom. The van der Waals surface area contributed by atoms with Crippen molar-refractivity contribution in [2.75, 3.05) is 12.4 Å². The fourth-order valence-electron chi connectivity index (χ4n) is 3.15. The standard InChI is InChI=1S/C25H30N4O2/c1-6-17(2)23(19(4)20-10-8-7-9-11-20)13-21(12-18(3)24(30)26-5)25(31)29-22-14-27-16-28-15-22/h7-16,19H,6H2,1-5H3,(H,26,30)(H,29,31)/b18-12+,21-13+,23-17-. The van der Waals surface area contributed by atoms with Gasteiger partial charge in [0.05, 0.1) is 18.1 Å². The van der Waals surface area contributed by atoms with E-state index in [1.165, 1.54) is 24.3 Å². The van der Waals surface area contributed by atoms with Gasteiger partial charge in [-0.05, 0) is 43.6 Å². The van der Waals surface area contributed by atoms with Crippen molar-refractivity contribution >= 4 is 17.5 Å². The molecule has 1 unspecified atom stereocenters. The summed E-state index contributed by atoms with van der Waals surface area (Å²) in [6.07, 6.45) is 8.79. The van der Waals surface area contributed by atoms with Gasteiger partial charge in [-0.15, -0.1) is 0 Å². The number of benzene rings is 1. The van der Waals surface area contributed by atoms with Gasteiger partial charge in [-0.25, -0.2) is 9.97 Å². The molecule has 31 heavy (non-hydrogen) atoms. The van der Waals surface area contributed by atoms with E-state index in [2.05, 4.69) is 53.5 Å². The Morgan fingerprint density at radius 1 is 1.03 bits per heavy atom. The van der Waals surface area contributed by atoms with E-state index in [4.69, 9.17) is 0 Å². The lowest BCUT2D eigenvalue weighted by Crippen LogP contribution is -2.20. The van der Waals surface area contributed by atoms with Crippen molar-refractivity contribution in [2.45, 2.75) is 40.0 Å². The van der Waals surface area contributed by atoms with Crippen LogP contribution in [0.3, 0.4) is 0 Å². The van der Waals surface area contributed by atoms with Crippen LogP contribution in [0.4, 0.5) is 5.69 Å². The van der Waals surface area contributed by atoms with Crippen molar-refractivity contribution in [3.05, 3.63) is 89.1 Å². The summed E-state index contributed by atoms with van der Waals surface area (Å²) in [6.45, 7) is 7.97. The molecular weight excluding hydrogens is 388 g/mol. The summed E-state index contributed by atoms with van der Waals surface area (Å²) in [4.78, 5) is 33.1. The molecule has 0 saturated carbocycles. The smallest absolute Gasteiger partial charge is 0.255 e. The number of anilines is 1. The van der Waals surface area contributed by atoms with Crippen molar-refractivity contribution in [3.63, 3.8) is 0 Å². The minimum atomic E-state index is -0.334. The first kappa shape index (κ1) is 23.7. The van der Waals surface area contributed by atoms with Gasteiger partial charge < -0.3 is 10.6 Å². The molecule has 2 aromatic rings. The largest absolute Gasteiger partial charge is 0.355 e. The molecule has 1 atom stereocenters. The molecule has 2 N–H and O–H groups in total. The van der Waals surface area contributed by atoms with Crippen molar-refractivity contribution in [1.82, 2.24) is 15.3 Å². The van der Waals surface area contributed by atoms with Crippen molar-refractivity contribution in [2.24, 2.45) is 0 Å². The Hall–Kier alpha value is -3.54. The predicted octanol–water partition coefficient (Wildman–Crippen LogP) is 4.56. The van der Waals surface area contributed by atoms with Crippen LogP contribution in [0.2, 0.25) is 0 Å². The topological polar surface area (TPSA) is 84.0 Å². The fourth-order valence-corrected chi connectivity index (χ4v) is 3.15. The lowest BCUT2D eigenvalue weighted by Gasteiger charge is -2.18. The summed E-state index contributed by atoms with van der Waals surface area (Å²) in [7, 11) is 1.56. The van der Waals surface area contributed by atoms with Crippen LogP contribution in [0.5, 0.6) is 0 Å². The van der Waals surface area contributed by atoms with Crippen LogP contribution in [0.1, 0.15) is 45.6 Å². The van der Waals surface area contributed by atoms with Gasteiger partial charge in [0, 0.05) is 24.1 Å². The predicted molar refractivity (Wildman–Crippen MR) is 124 cm³/mol. The Kier molecular flexibility index (Phi) is 8.88. The number of nitrogens with one attached hydrogen (secondary N) is 2. The molecule has 0 radical (unpaired) electrons. The second-order valence-corrected chi connectivity index (χ2v) is 7.31. The average Bonchev–Trinajstić information content (AvgIpc) is 2.81. The highest BCUT2D eigenvalue weighted by Crippen LogP contribution is 2.30. The van der Waals surface area contributed by atoms with Crippen molar-refractivity contribution in [1.29, 1.82) is 0 Å². The van der Waals surface area contributed by atoms with Crippen molar-refractivity contribution < 1.29 is 9.59 Å². The minimum Gasteiger partial charge on any atom is -0.355 e. The minimum absolute atomic E-state index is 0.0812. The first-order chi connectivity index (χ1) is 14.9. The van der Waals surface area contributed by atoms with Gasteiger partial charge in [0.1, 0.15) is 6.33 Å². The number of nitrogens with zero attached hydrogens (tertiary/aromatic N) is 2. The third-order valence-electron chi connectivity index (χ3n) is 5.14. The number of hydrogen-bond donors (Lipinski definition) is 2. The molecule has 0 aliphatic carbocycles. The van der Waals surface area contributed by atoms with Gasteiger partial charge in [0.15, 0.2) is 0 Å². The zero-order valence-corrected chi connectivity index (χ0v) is 18.8. The Bertz CT molecular complexity index is 993. The van der Waals surface area contributed by atoms with Crippen LogP contribution >= 0.6 is 0 Å². The highest BCUT2D eigenvalue weighted by atomic mass is 16.2. The van der Waals surface area contributed by atoms with E-state index in [0.717, 1.165) is 17.6 Å². The zero-order valence-electron chi connectivity index (χ0n) is 18.8. The molecule has 6 heteroatoms. The average molecular weight is 419 g/mol. The summed E-state index contributed by atoms with van der Waals surface area (Å²) < 4.78 is 0. The Balaban J connectivity index is 2.54. The molecule has 2 amide bonds. The van der Waals surface area contributed by atoms with E-state index in [1.807, 2.05) is 24.3 Å². The second-order valence-electron chi connectivity index (χ2n) is 7.31. The maximum atomic E-state index is 13.1. The molecule has 0 spiro atoms. The van der Waals surface area contributed by atoms with Crippen LogP contribution in [0.15, 0.2) is 83.5 Å². The summed E-state index contributed by atoms with van der Waals surface area (Å²) in [5.41, 5.74) is 4.69. The molecule has 0 aliphatic heterocycles. The molecule has 0 bridgehead atoms. The van der Waals surface area contributed by atoms with Gasteiger partial charge in [-0.3, -0.25) is 9.59 Å². The van der Waals surface area contributed by atoms with Crippen LogP contribution in [-0.4, -0.2) is 28.8 Å². The molecule has 6 nitrogen and oxygen atoms in total. The number of hydrogen-bond acceptors (Lipinski definition) is 4. The van der Waals surface area contributed by atoms with E-state index in [9.17, 15) is 9.59 Å². The fraction of sp³-hybridized carbons (Fsp3) is 0.280. The maximum Gasteiger partial charge on any atom is 0.255 e. The molecule has 0 fully saturated rings. The SMILES string of the molecule is CC/C(C)=C(/C=C(\C=C(/C)C(=O)NC)C(=O)Nc1cncnc1)C(C)c1ccccc1. The number of amides is 2. The number of rotatable bonds is 8. The van der Waals surface area contributed by atoms with Crippen LogP contribution in [-0.2, 0) is 9.59 Å². The van der Waals surface area contributed by atoms with E-state index < -0.39 is 0 Å². The number of carbonyl (C=O) groups is 2. The van der Waals surface area contributed by atoms with Gasteiger partial charge in [0.25, 0.3) is 5.91 Å². The van der Waals surface area contributed by atoms with Crippen LogP contribution in [0, 0.1) is 0 Å². The molecule has 1 heterocycles. The van der Waals surface area contributed by atoms with E-state index in [1.54, 1.807) is 20.0 Å². The zero-order chi connectivity index (χ0) is 22.8. The molecule has 0 saturated heterocycles. The van der Waals surface area contributed by atoms with Crippen LogP contribution < -0.4 is 10.6 Å². The Labute approximate surface area is 184 Å².